The van der Waals surface area contributed by atoms with Crippen LogP contribution in [0.1, 0.15) is 6.92 Å². The van der Waals surface area contributed by atoms with Crippen LogP contribution in [0, 0.1) is 5.82 Å². The monoisotopic (exact) mass is 358 g/mol. The summed E-state index contributed by atoms with van der Waals surface area (Å²) >= 11 is 0. The Balaban J connectivity index is 1.96. The maximum absolute atomic E-state index is 14.0. The molecule has 3 aromatic carbocycles. The van der Waals surface area contributed by atoms with Gasteiger partial charge in [-0.3, -0.25) is 9.52 Å². The third-order valence-electron chi connectivity index (χ3n) is 3.56. The van der Waals surface area contributed by atoms with Gasteiger partial charge in [0.05, 0.1) is 10.6 Å². The Morgan fingerprint density at radius 2 is 1.68 bits per heavy atom. The summed E-state index contributed by atoms with van der Waals surface area (Å²) in [5.41, 5.74) is 0.0597. The van der Waals surface area contributed by atoms with E-state index < -0.39 is 15.8 Å². The highest BCUT2D eigenvalue weighted by Gasteiger charge is 2.17. The van der Waals surface area contributed by atoms with E-state index in [4.69, 9.17) is 0 Å². The Labute approximate surface area is 144 Å². The fourth-order valence-electron chi connectivity index (χ4n) is 2.42. The zero-order chi connectivity index (χ0) is 18.0. The number of rotatable bonds is 4. The molecule has 0 radical (unpaired) electrons. The van der Waals surface area contributed by atoms with E-state index in [-0.39, 0.29) is 16.5 Å². The molecule has 0 bridgehead atoms. The van der Waals surface area contributed by atoms with Crippen LogP contribution >= 0.6 is 0 Å². The molecule has 0 atom stereocenters. The lowest BCUT2D eigenvalue weighted by molar-refractivity contribution is -0.114. The van der Waals surface area contributed by atoms with Gasteiger partial charge in [0.1, 0.15) is 5.82 Å². The number of benzene rings is 3. The quantitative estimate of drug-likeness (QED) is 0.746. The molecule has 0 aromatic heterocycles. The summed E-state index contributed by atoms with van der Waals surface area (Å²) in [6.07, 6.45) is 0. The van der Waals surface area contributed by atoms with E-state index in [0.29, 0.717) is 5.69 Å². The molecular weight excluding hydrogens is 343 g/mol. The number of hydrogen-bond donors (Lipinski definition) is 2. The van der Waals surface area contributed by atoms with Crippen LogP contribution in [-0.2, 0) is 14.8 Å². The highest BCUT2D eigenvalue weighted by Crippen LogP contribution is 2.25. The number of hydrogen-bond acceptors (Lipinski definition) is 3. The summed E-state index contributed by atoms with van der Waals surface area (Å²) in [6.45, 7) is 1.31. The molecule has 0 aliphatic carbocycles. The second-order valence-electron chi connectivity index (χ2n) is 5.49. The number of nitrogens with one attached hydrogen (secondary N) is 2. The summed E-state index contributed by atoms with van der Waals surface area (Å²) in [5.74, 6) is -1.08. The van der Waals surface area contributed by atoms with Gasteiger partial charge in [0.15, 0.2) is 0 Å². The van der Waals surface area contributed by atoms with Crippen LogP contribution in [0.15, 0.2) is 65.6 Å². The summed E-state index contributed by atoms with van der Waals surface area (Å²) in [4.78, 5) is 11.1. The highest BCUT2D eigenvalue weighted by molar-refractivity contribution is 7.92. The van der Waals surface area contributed by atoms with Crippen LogP contribution in [0.2, 0.25) is 0 Å². The average Bonchev–Trinajstić information content (AvgIpc) is 2.57. The first-order valence-corrected chi connectivity index (χ1v) is 8.92. The summed E-state index contributed by atoms with van der Waals surface area (Å²) < 4.78 is 41.3. The normalized spacial score (nSPS) is 11.3. The molecule has 0 aliphatic rings. The number of halogens is 1. The number of carbonyl (C=O) groups is 1. The second-order valence-corrected chi connectivity index (χ2v) is 7.17. The zero-order valence-corrected chi connectivity index (χ0v) is 14.1. The minimum atomic E-state index is -3.98. The molecule has 3 aromatic rings. The number of fused-ring (bicyclic) bond motifs is 1. The van der Waals surface area contributed by atoms with Crippen molar-refractivity contribution in [2.45, 2.75) is 11.8 Å². The average molecular weight is 358 g/mol. The van der Waals surface area contributed by atoms with Crippen molar-refractivity contribution in [3.8, 4) is 0 Å². The van der Waals surface area contributed by atoms with Crippen molar-refractivity contribution in [2.75, 3.05) is 10.0 Å². The molecular formula is C18H15FN2O3S. The molecule has 0 heterocycles. The summed E-state index contributed by atoms with van der Waals surface area (Å²) in [7, 11) is -3.98. The standard InChI is InChI=1S/C18H15FN2O3S/c1-12(22)20-15-7-9-17(19)18(11-15)21-25(23,24)16-8-6-13-4-2-3-5-14(13)10-16/h2-11,21H,1H3,(H,20,22). The van der Waals surface area contributed by atoms with Crippen molar-refractivity contribution in [3.05, 3.63) is 66.5 Å². The lowest BCUT2D eigenvalue weighted by Crippen LogP contribution is -2.14. The van der Waals surface area contributed by atoms with Gasteiger partial charge in [-0.05, 0) is 41.1 Å². The van der Waals surface area contributed by atoms with Gasteiger partial charge >= 0.3 is 0 Å². The van der Waals surface area contributed by atoms with E-state index in [1.165, 1.54) is 31.2 Å². The predicted octanol–water partition coefficient (Wildman–Crippen LogP) is 3.74. The Morgan fingerprint density at radius 3 is 2.40 bits per heavy atom. The number of carbonyl (C=O) groups excluding carboxylic acids is 1. The first kappa shape index (κ1) is 16.9. The third kappa shape index (κ3) is 3.77. The minimum Gasteiger partial charge on any atom is -0.326 e. The Kier molecular flexibility index (Phi) is 4.41. The minimum absolute atomic E-state index is 0.0236. The third-order valence-corrected chi connectivity index (χ3v) is 4.93. The van der Waals surface area contributed by atoms with E-state index in [1.807, 2.05) is 18.2 Å². The van der Waals surface area contributed by atoms with Crippen LogP contribution in [0.4, 0.5) is 15.8 Å². The van der Waals surface area contributed by atoms with E-state index in [2.05, 4.69) is 10.0 Å². The van der Waals surface area contributed by atoms with Crippen molar-refractivity contribution in [1.29, 1.82) is 0 Å². The van der Waals surface area contributed by atoms with Crippen molar-refractivity contribution >= 4 is 38.1 Å². The number of amides is 1. The van der Waals surface area contributed by atoms with Crippen LogP contribution in [0.5, 0.6) is 0 Å². The van der Waals surface area contributed by atoms with E-state index in [9.17, 15) is 17.6 Å². The van der Waals surface area contributed by atoms with Gasteiger partial charge in [-0.15, -0.1) is 0 Å². The van der Waals surface area contributed by atoms with E-state index in [1.54, 1.807) is 12.1 Å². The molecule has 0 saturated carbocycles. The molecule has 0 fully saturated rings. The molecule has 7 heteroatoms. The molecule has 25 heavy (non-hydrogen) atoms. The van der Waals surface area contributed by atoms with Gasteiger partial charge in [-0.1, -0.05) is 30.3 Å². The van der Waals surface area contributed by atoms with Gasteiger partial charge in [0, 0.05) is 12.6 Å². The van der Waals surface area contributed by atoms with Crippen LogP contribution in [-0.4, -0.2) is 14.3 Å². The van der Waals surface area contributed by atoms with Gasteiger partial charge < -0.3 is 5.32 Å². The van der Waals surface area contributed by atoms with Crippen molar-refractivity contribution in [3.63, 3.8) is 0 Å². The second kappa shape index (κ2) is 6.52. The molecule has 0 unspecified atom stereocenters. The number of sulfonamides is 1. The smallest absolute Gasteiger partial charge is 0.262 e. The maximum Gasteiger partial charge on any atom is 0.262 e. The van der Waals surface area contributed by atoms with Crippen LogP contribution in [0.25, 0.3) is 10.8 Å². The van der Waals surface area contributed by atoms with E-state index >= 15 is 0 Å². The highest BCUT2D eigenvalue weighted by atomic mass is 32.2. The molecule has 0 aliphatic heterocycles. The molecule has 0 saturated heterocycles. The summed E-state index contributed by atoms with van der Waals surface area (Å²) in [5, 5.41) is 4.15. The number of anilines is 2. The SMILES string of the molecule is CC(=O)Nc1ccc(F)c(NS(=O)(=O)c2ccc3ccccc3c2)c1. The van der Waals surface area contributed by atoms with Crippen molar-refractivity contribution in [2.24, 2.45) is 0 Å². The lowest BCUT2D eigenvalue weighted by Gasteiger charge is -2.11. The fraction of sp³-hybridized carbons (Fsp3) is 0.0556. The van der Waals surface area contributed by atoms with Gasteiger partial charge in [-0.25, -0.2) is 12.8 Å². The zero-order valence-electron chi connectivity index (χ0n) is 13.3. The first-order chi connectivity index (χ1) is 11.8. The van der Waals surface area contributed by atoms with Gasteiger partial charge in [0.2, 0.25) is 5.91 Å². The van der Waals surface area contributed by atoms with Crippen LogP contribution < -0.4 is 10.0 Å². The van der Waals surface area contributed by atoms with Crippen molar-refractivity contribution in [1.82, 2.24) is 0 Å². The molecule has 2 N–H and O–H groups in total. The predicted molar refractivity (Wildman–Crippen MR) is 95.5 cm³/mol. The van der Waals surface area contributed by atoms with Gasteiger partial charge in [-0.2, -0.15) is 0 Å². The lowest BCUT2D eigenvalue weighted by atomic mass is 10.1. The fourth-order valence-corrected chi connectivity index (χ4v) is 3.52. The van der Waals surface area contributed by atoms with Crippen LogP contribution in [0.3, 0.4) is 0 Å². The Morgan fingerprint density at radius 1 is 0.960 bits per heavy atom. The van der Waals surface area contributed by atoms with Crippen molar-refractivity contribution < 1.29 is 17.6 Å². The van der Waals surface area contributed by atoms with Gasteiger partial charge in [0.25, 0.3) is 10.0 Å². The first-order valence-electron chi connectivity index (χ1n) is 7.44. The summed E-state index contributed by atoms with van der Waals surface area (Å²) in [6, 6.07) is 15.7. The largest absolute Gasteiger partial charge is 0.326 e. The Bertz CT molecular complexity index is 1060. The molecule has 1 amide bonds. The molecule has 128 valence electrons. The maximum atomic E-state index is 14.0. The Hall–Kier alpha value is -2.93. The topological polar surface area (TPSA) is 75.3 Å². The molecule has 5 nitrogen and oxygen atoms in total. The molecule has 0 spiro atoms. The van der Waals surface area contributed by atoms with E-state index in [0.717, 1.165) is 16.8 Å². The molecule has 3 rings (SSSR count).